The first-order valence-electron chi connectivity index (χ1n) is 4.16. The summed E-state index contributed by atoms with van der Waals surface area (Å²) in [6.45, 7) is 1.85. The van der Waals surface area contributed by atoms with Crippen molar-refractivity contribution >= 4 is 28.0 Å². The van der Waals surface area contributed by atoms with E-state index in [1.807, 2.05) is 13.0 Å². The first-order valence-corrected chi connectivity index (χ1v) is 4.95. The van der Waals surface area contributed by atoms with Gasteiger partial charge in [-0.15, -0.1) is 0 Å². The zero-order valence-corrected chi connectivity index (χ0v) is 9.58. The summed E-state index contributed by atoms with van der Waals surface area (Å²) in [7, 11) is 0. The highest BCUT2D eigenvalue weighted by Crippen LogP contribution is 2.18. The Kier molecular flexibility index (Phi) is 3.64. The minimum atomic E-state index is -1.21. The van der Waals surface area contributed by atoms with E-state index in [-0.39, 0.29) is 5.57 Å². The van der Waals surface area contributed by atoms with Gasteiger partial charge in [0.15, 0.2) is 0 Å². The maximum absolute atomic E-state index is 10.6. The number of carboxylic acids is 1. The van der Waals surface area contributed by atoms with E-state index < -0.39 is 5.97 Å². The molecule has 1 aromatic rings. The monoisotopic (exact) mass is 265 g/mol. The molecule has 15 heavy (non-hydrogen) atoms. The van der Waals surface area contributed by atoms with E-state index in [1.165, 1.54) is 6.08 Å². The van der Waals surface area contributed by atoms with Crippen LogP contribution in [0.2, 0.25) is 0 Å². The Hall–Kier alpha value is -1.60. The zero-order chi connectivity index (χ0) is 11.4. The van der Waals surface area contributed by atoms with Gasteiger partial charge >= 0.3 is 5.97 Å². The standard InChI is InChI=1S/C11H8BrNO2/c1-7-4-10(12)3-2-8(7)5-9(6-13)11(14)15/h2-5H,1H3,(H,14,15)/b9-5+. The molecule has 0 spiro atoms. The molecule has 76 valence electrons. The molecule has 1 aromatic carbocycles. The van der Waals surface area contributed by atoms with Crippen molar-refractivity contribution in [2.24, 2.45) is 0 Å². The van der Waals surface area contributed by atoms with E-state index in [1.54, 1.807) is 18.2 Å². The summed E-state index contributed by atoms with van der Waals surface area (Å²) < 4.78 is 0.922. The summed E-state index contributed by atoms with van der Waals surface area (Å²) in [6.07, 6.45) is 1.37. The molecule has 0 bridgehead atoms. The average molecular weight is 266 g/mol. The van der Waals surface area contributed by atoms with E-state index in [9.17, 15) is 4.79 Å². The highest BCUT2D eigenvalue weighted by atomic mass is 79.9. The summed E-state index contributed by atoms with van der Waals surface area (Å²) >= 11 is 3.31. The predicted molar refractivity (Wildman–Crippen MR) is 60.1 cm³/mol. The summed E-state index contributed by atoms with van der Waals surface area (Å²) in [4.78, 5) is 10.6. The number of nitrogens with zero attached hydrogens (tertiary/aromatic N) is 1. The molecule has 0 radical (unpaired) electrons. The molecule has 0 saturated heterocycles. The third-order valence-corrected chi connectivity index (χ3v) is 2.38. The SMILES string of the molecule is Cc1cc(Br)ccc1/C=C(\C#N)C(=O)O. The van der Waals surface area contributed by atoms with Crippen molar-refractivity contribution in [1.29, 1.82) is 5.26 Å². The van der Waals surface area contributed by atoms with E-state index in [2.05, 4.69) is 15.9 Å². The number of rotatable bonds is 2. The molecule has 0 unspecified atom stereocenters. The lowest BCUT2D eigenvalue weighted by Gasteiger charge is -2.00. The molecule has 3 nitrogen and oxygen atoms in total. The predicted octanol–water partition coefficient (Wildman–Crippen LogP) is 2.75. The van der Waals surface area contributed by atoms with Crippen LogP contribution in [0.15, 0.2) is 28.2 Å². The first kappa shape index (κ1) is 11.5. The topological polar surface area (TPSA) is 61.1 Å². The second-order valence-corrected chi connectivity index (χ2v) is 3.89. The molecule has 1 N–H and O–H groups in total. The van der Waals surface area contributed by atoms with Gasteiger partial charge in [0.05, 0.1) is 0 Å². The lowest BCUT2D eigenvalue weighted by Crippen LogP contribution is -1.97. The van der Waals surface area contributed by atoms with Crippen LogP contribution in [0.4, 0.5) is 0 Å². The van der Waals surface area contributed by atoms with Crippen LogP contribution in [0.3, 0.4) is 0 Å². The summed E-state index contributed by atoms with van der Waals surface area (Å²) in [5, 5.41) is 17.3. The highest BCUT2D eigenvalue weighted by Gasteiger charge is 2.06. The maximum atomic E-state index is 10.6. The number of carboxylic acid groups (broad SMARTS) is 1. The number of aliphatic carboxylic acids is 1. The number of nitriles is 1. The van der Waals surface area contributed by atoms with Crippen LogP contribution in [0.1, 0.15) is 11.1 Å². The Labute approximate surface area is 95.8 Å². The molecule has 0 aromatic heterocycles. The first-order chi connectivity index (χ1) is 7.04. The van der Waals surface area contributed by atoms with Crippen LogP contribution >= 0.6 is 15.9 Å². The van der Waals surface area contributed by atoms with Crippen molar-refractivity contribution in [3.8, 4) is 6.07 Å². The molecule has 0 aliphatic rings. The van der Waals surface area contributed by atoms with Crippen LogP contribution in [-0.2, 0) is 4.79 Å². The fourth-order valence-corrected chi connectivity index (χ4v) is 1.57. The van der Waals surface area contributed by atoms with E-state index in [0.717, 1.165) is 15.6 Å². The van der Waals surface area contributed by atoms with Crippen LogP contribution in [-0.4, -0.2) is 11.1 Å². The summed E-state index contributed by atoms with van der Waals surface area (Å²) in [5.41, 5.74) is 1.39. The largest absolute Gasteiger partial charge is 0.477 e. The Bertz CT molecular complexity index is 472. The minimum absolute atomic E-state index is 0.263. The summed E-state index contributed by atoms with van der Waals surface area (Å²) in [6, 6.07) is 7.07. The second-order valence-electron chi connectivity index (χ2n) is 2.98. The van der Waals surface area contributed by atoms with Gasteiger partial charge in [-0.3, -0.25) is 0 Å². The Balaban J connectivity index is 3.19. The second kappa shape index (κ2) is 4.76. The zero-order valence-electron chi connectivity index (χ0n) is 7.99. The normalized spacial score (nSPS) is 10.9. The van der Waals surface area contributed by atoms with Crippen molar-refractivity contribution in [2.45, 2.75) is 6.92 Å². The number of benzene rings is 1. The minimum Gasteiger partial charge on any atom is -0.477 e. The van der Waals surface area contributed by atoms with E-state index >= 15 is 0 Å². The molecule has 0 aliphatic heterocycles. The smallest absolute Gasteiger partial charge is 0.346 e. The molecule has 4 heteroatoms. The van der Waals surface area contributed by atoms with Crippen molar-refractivity contribution in [1.82, 2.24) is 0 Å². The lowest BCUT2D eigenvalue weighted by molar-refractivity contribution is -0.132. The van der Waals surface area contributed by atoms with Gasteiger partial charge in [-0.05, 0) is 36.3 Å². The summed E-state index contributed by atoms with van der Waals surface area (Å²) in [5.74, 6) is -1.21. The van der Waals surface area contributed by atoms with Gasteiger partial charge in [-0.25, -0.2) is 4.79 Å². The van der Waals surface area contributed by atoms with E-state index in [4.69, 9.17) is 10.4 Å². The average Bonchev–Trinajstić information content (AvgIpc) is 2.16. The van der Waals surface area contributed by atoms with E-state index in [0.29, 0.717) is 0 Å². The van der Waals surface area contributed by atoms with Gasteiger partial charge in [0.25, 0.3) is 0 Å². The van der Waals surface area contributed by atoms with Gasteiger partial charge in [0, 0.05) is 4.47 Å². The van der Waals surface area contributed by atoms with Crippen molar-refractivity contribution in [3.63, 3.8) is 0 Å². The van der Waals surface area contributed by atoms with Gasteiger partial charge in [-0.2, -0.15) is 5.26 Å². The highest BCUT2D eigenvalue weighted by molar-refractivity contribution is 9.10. The fourth-order valence-electron chi connectivity index (χ4n) is 1.10. The number of hydrogen-bond donors (Lipinski definition) is 1. The molecular formula is C11H8BrNO2. The van der Waals surface area contributed by atoms with Gasteiger partial charge in [0.2, 0.25) is 0 Å². The molecule has 0 atom stereocenters. The van der Waals surface area contributed by atoms with Crippen molar-refractivity contribution < 1.29 is 9.90 Å². The van der Waals surface area contributed by atoms with Gasteiger partial charge in [-0.1, -0.05) is 22.0 Å². The number of carbonyl (C=O) groups is 1. The van der Waals surface area contributed by atoms with Crippen molar-refractivity contribution in [2.75, 3.05) is 0 Å². The van der Waals surface area contributed by atoms with Crippen LogP contribution in [0.25, 0.3) is 6.08 Å². The molecule has 0 aliphatic carbocycles. The third-order valence-electron chi connectivity index (χ3n) is 1.88. The molecule has 0 saturated carbocycles. The van der Waals surface area contributed by atoms with Gasteiger partial charge < -0.3 is 5.11 Å². The fraction of sp³-hybridized carbons (Fsp3) is 0.0909. The Morgan fingerprint density at radius 3 is 2.73 bits per heavy atom. The quantitative estimate of drug-likeness (QED) is 0.661. The molecule has 1 rings (SSSR count). The van der Waals surface area contributed by atoms with Gasteiger partial charge in [0.1, 0.15) is 11.6 Å². The number of aryl methyl sites for hydroxylation is 1. The number of hydrogen-bond acceptors (Lipinski definition) is 2. The molecule has 0 heterocycles. The Morgan fingerprint density at radius 1 is 1.60 bits per heavy atom. The molecule has 0 fully saturated rings. The van der Waals surface area contributed by atoms with Crippen LogP contribution in [0.5, 0.6) is 0 Å². The lowest BCUT2D eigenvalue weighted by atomic mass is 10.1. The van der Waals surface area contributed by atoms with Crippen LogP contribution in [0, 0.1) is 18.3 Å². The van der Waals surface area contributed by atoms with Crippen LogP contribution < -0.4 is 0 Å². The molecular weight excluding hydrogens is 258 g/mol. The maximum Gasteiger partial charge on any atom is 0.346 e. The third kappa shape index (κ3) is 2.93. The Morgan fingerprint density at radius 2 is 2.27 bits per heavy atom. The van der Waals surface area contributed by atoms with Crippen molar-refractivity contribution in [3.05, 3.63) is 39.4 Å². The molecule has 0 amide bonds. The number of halogens is 1.